The molecule has 124 valence electrons. The number of aromatic nitrogens is 4. The highest BCUT2D eigenvalue weighted by molar-refractivity contribution is 5.93. The van der Waals surface area contributed by atoms with Crippen molar-refractivity contribution in [2.45, 2.75) is 46.1 Å². The smallest absolute Gasteiger partial charge is 0.272 e. The first-order chi connectivity index (χ1) is 11.0. The number of likely N-dealkylation sites (tertiary alicyclic amines) is 1. The third kappa shape index (κ3) is 3.16. The Morgan fingerprint density at radius 2 is 2.26 bits per heavy atom. The molecule has 0 aliphatic carbocycles. The number of amides is 1. The van der Waals surface area contributed by atoms with Gasteiger partial charge in [-0.15, -0.1) is 0 Å². The van der Waals surface area contributed by atoms with E-state index in [-0.39, 0.29) is 11.9 Å². The van der Waals surface area contributed by atoms with Crippen molar-refractivity contribution < 1.29 is 4.79 Å². The van der Waals surface area contributed by atoms with Gasteiger partial charge in [0.25, 0.3) is 5.91 Å². The number of aryl methyl sites for hydroxylation is 2. The van der Waals surface area contributed by atoms with Gasteiger partial charge in [0.05, 0.1) is 11.7 Å². The molecule has 1 N–H and O–H groups in total. The molecule has 0 spiro atoms. The van der Waals surface area contributed by atoms with Crippen LogP contribution >= 0.6 is 0 Å². The molecule has 3 rings (SSSR count). The van der Waals surface area contributed by atoms with Gasteiger partial charge in [0.2, 0.25) is 0 Å². The fourth-order valence-corrected chi connectivity index (χ4v) is 3.29. The van der Waals surface area contributed by atoms with Gasteiger partial charge >= 0.3 is 0 Å². The number of imidazole rings is 1. The van der Waals surface area contributed by atoms with Crippen LogP contribution in [0.5, 0.6) is 0 Å². The van der Waals surface area contributed by atoms with Crippen molar-refractivity contribution in [2.75, 3.05) is 6.54 Å². The first-order valence-corrected chi connectivity index (χ1v) is 8.31. The van der Waals surface area contributed by atoms with Gasteiger partial charge < -0.3 is 9.88 Å². The van der Waals surface area contributed by atoms with Crippen molar-refractivity contribution >= 4 is 5.91 Å². The number of H-pyrrole nitrogens is 1. The minimum absolute atomic E-state index is 0.0413. The van der Waals surface area contributed by atoms with Gasteiger partial charge in [-0.25, -0.2) is 4.98 Å². The number of hydrogen-bond acceptors (Lipinski definition) is 3. The lowest BCUT2D eigenvalue weighted by atomic mass is 10.1. The van der Waals surface area contributed by atoms with Crippen molar-refractivity contribution in [3.05, 3.63) is 35.2 Å². The van der Waals surface area contributed by atoms with Crippen LogP contribution in [0.3, 0.4) is 0 Å². The molecule has 1 aliphatic rings. The molecule has 0 radical (unpaired) electrons. The van der Waals surface area contributed by atoms with E-state index in [0.717, 1.165) is 43.0 Å². The summed E-state index contributed by atoms with van der Waals surface area (Å²) in [5.74, 6) is 1.46. The standard InChI is InChI=1S/C17H25N5O/c1-11(2)8-13-9-15(21(4)20-13)17(23)22-7-5-6-14(22)16-18-10-12(3)19-16/h9-11,14H,5-8H2,1-4H3,(H,18,19)/t14-/m0/s1. The normalized spacial score (nSPS) is 18.1. The van der Waals surface area contributed by atoms with Gasteiger partial charge in [-0.05, 0) is 38.2 Å². The maximum Gasteiger partial charge on any atom is 0.272 e. The van der Waals surface area contributed by atoms with E-state index < -0.39 is 0 Å². The number of hydrogen-bond donors (Lipinski definition) is 1. The molecule has 0 bridgehead atoms. The second kappa shape index (κ2) is 6.18. The van der Waals surface area contributed by atoms with E-state index in [4.69, 9.17) is 0 Å². The van der Waals surface area contributed by atoms with E-state index in [1.807, 2.05) is 31.1 Å². The average molecular weight is 315 g/mol. The molecule has 23 heavy (non-hydrogen) atoms. The first-order valence-electron chi connectivity index (χ1n) is 8.31. The molecule has 3 heterocycles. The predicted molar refractivity (Wildman–Crippen MR) is 88.1 cm³/mol. The fourth-order valence-electron chi connectivity index (χ4n) is 3.29. The summed E-state index contributed by atoms with van der Waals surface area (Å²) in [4.78, 5) is 22.6. The van der Waals surface area contributed by atoms with E-state index in [0.29, 0.717) is 11.6 Å². The quantitative estimate of drug-likeness (QED) is 0.943. The zero-order valence-corrected chi connectivity index (χ0v) is 14.3. The van der Waals surface area contributed by atoms with Crippen LogP contribution in [0.4, 0.5) is 0 Å². The second-order valence-corrected chi connectivity index (χ2v) is 6.85. The highest BCUT2D eigenvalue weighted by atomic mass is 16.2. The van der Waals surface area contributed by atoms with Gasteiger partial charge in [0, 0.05) is 25.5 Å². The molecule has 0 unspecified atom stereocenters. The number of nitrogens with zero attached hydrogens (tertiary/aromatic N) is 4. The number of carbonyl (C=O) groups is 1. The Morgan fingerprint density at radius 3 is 2.91 bits per heavy atom. The Labute approximate surface area is 136 Å². The maximum absolute atomic E-state index is 13.0. The molecular weight excluding hydrogens is 290 g/mol. The molecule has 0 aromatic carbocycles. The third-order valence-corrected chi connectivity index (χ3v) is 4.32. The highest BCUT2D eigenvalue weighted by Crippen LogP contribution is 2.31. The van der Waals surface area contributed by atoms with Crippen LogP contribution in [0, 0.1) is 12.8 Å². The van der Waals surface area contributed by atoms with Crippen LogP contribution in [0.1, 0.15) is 60.4 Å². The predicted octanol–water partition coefficient (Wildman–Crippen LogP) is 2.63. The van der Waals surface area contributed by atoms with E-state index in [9.17, 15) is 4.79 Å². The summed E-state index contributed by atoms with van der Waals surface area (Å²) < 4.78 is 1.71. The summed E-state index contributed by atoms with van der Waals surface area (Å²) in [7, 11) is 1.85. The van der Waals surface area contributed by atoms with Crippen LogP contribution in [0.2, 0.25) is 0 Å². The maximum atomic E-state index is 13.0. The van der Waals surface area contributed by atoms with Crippen molar-refractivity contribution in [3.8, 4) is 0 Å². The molecular formula is C17H25N5O. The van der Waals surface area contributed by atoms with E-state index in [2.05, 4.69) is 28.9 Å². The molecule has 1 amide bonds. The molecule has 2 aromatic heterocycles. The SMILES string of the molecule is Cc1cnc([C@@H]2CCCN2C(=O)c2cc(CC(C)C)nn2C)[nH]1. The van der Waals surface area contributed by atoms with Gasteiger partial charge in [-0.3, -0.25) is 9.48 Å². The highest BCUT2D eigenvalue weighted by Gasteiger charge is 2.33. The number of aromatic amines is 1. The van der Waals surface area contributed by atoms with Gasteiger partial charge in [-0.1, -0.05) is 13.8 Å². The molecule has 1 fully saturated rings. The van der Waals surface area contributed by atoms with E-state index >= 15 is 0 Å². The molecule has 1 atom stereocenters. The topological polar surface area (TPSA) is 66.8 Å². The third-order valence-electron chi connectivity index (χ3n) is 4.32. The number of rotatable bonds is 4. The summed E-state index contributed by atoms with van der Waals surface area (Å²) in [6, 6.07) is 1.98. The van der Waals surface area contributed by atoms with Gasteiger partial charge in [-0.2, -0.15) is 5.10 Å². The fraction of sp³-hybridized carbons (Fsp3) is 0.588. The molecule has 6 nitrogen and oxygen atoms in total. The lowest BCUT2D eigenvalue weighted by molar-refractivity contribution is 0.0719. The minimum Gasteiger partial charge on any atom is -0.344 e. The largest absolute Gasteiger partial charge is 0.344 e. The Hall–Kier alpha value is -2.11. The Kier molecular flexibility index (Phi) is 4.24. The van der Waals surface area contributed by atoms with E-state index in [1.165, 1.54) is 0 Å². The van der Waals surface area contributed by atoms with E-state index in [1.54, 1.807) is 4.68 Å². The average Bonchev–Trinajstić information content (AvgIpc) is 3.17. The summed E-state index contributed by atoms with van der Waals surface area (Å²) in [5, 5.41) is 4.49. The Balaban J connectivity index is 1.83. The second-order valence-electron chi connectivity index (χ2n) is 6.85. The Morgan fingerprint density at radius 1 is 1.48 bits per heavy atom. The lowest BCUT2D eigenvalue weighted by Crippen LogP contribution is -2.32. The zero-order chi connectivity index (χ0) is 16.6. The molecule has 0 saturated carbocycles. The minimum atomic E-state index is 0.0413. The lowest BCUT2D eigenvalue weighted by Gasteiger charge is -2.23. The van der Waals surface area contributed by atoms with Crippen LogP contribution < -0.4 is 0 Å². The van der Waals surface area contributed by atoms with Gasteiger partial charge in [0.1, 0.15) is 11.5 Å². The van der Waals surface area contributed by atoms with Crippen molar-refractivity contribution in [2.24, 2.45) is 13.0 Å². The Bertz CT molecular complexity index is 700. The summed E-state index contributed by atoms with van der Waals surface area (Å²) >= 11 is 0. The van der Waals surface area contributed by atoms with Crippen LogP contribution in [0.15, 0.2) is 12.3 Å². The van der Waals surface area contributed by atoms with Crippen molar-refractivity contribution in [3.63, 3.8) is 0 Å². The van der Waals surface area contributed by atoms with Crippen LogP contribution in [-0.4, -0.2) is 37.1 Å². The van der Waals surface area contributed by atoms with Crippen molar-refractivity contribution in [1.29, 1.82) is 0 Å². The first kappa shape index (κ1) is 15.8. The summed E-state index contributed by atoms with van der Waals surface area (Å²) in [6.45, 7) is 7.07. The number of carbonyl (C=O) groups excluding carboxylic acids is 1. The van der Waals surface area contributed by atoms with Gasteiger partial charge in [0.15, 0.2) is 0 Å². The molecule has 1 saturated heterocycles. The monoisotopic (exact) mass is 315 g/mol. The van der Waals surface area contributed by atoms with Crippen molar-refractivity contribution in [1.82, 2.24) is 24.6 Å². The molecule has 2 aromatic rings. The zero-order valence-electron chi connectivity index (χ0n) is 14.3. The van der Waals surface area contributed by atoms with Crippen LogP contribution in [-0.2, 0) is 13.5 Å². The number of nitrogens with one attached hydrogen (secondary N) is 1. The van der Waals surface area contributed by atoms with Crippen LogP contribution in [0.25, 0.3) is 0 Å². The molecule has 1 aliphatic heterocycles. The summed E-state index contributed by atoms with van der Waals surface area (Å²) in [5.41, 5.74) is 2.67. The summed E-state index contributed by atoms with van der Waals surface area (Å²) in [6.07, 6.45) is 4.67. The molecule has 6 heteroatoms.